The number of amides is 3. The maximum Gasteiger partial charge on any atom is 0.317 e. The molecule has 0 saturated heterocycles. The van der Waals surface area contributed by atoms with Gasteiger partial charge in [0.25, 0.3) is 11.8 Å². The van der Waals surface area contributed by atoms with Crippen LogP contribution in [0.15, 0.2) is 54.7 Å². The quantitative estimate of drug-likeness (QED) is 0.0525. The second kappa shape index (κ2) is 20.1. The molecule has 0 aliphatic heterocycles. The number of carbonyl (C=O) groups is 7. The number of aromatic amines is 1. The van der Waals surface area contributed by atoms with Crippen molar-refractivity contribution in [2.75, 3.05) is 58.9 Å². The third kappa shape index (κ3) is 14.2. The Labute approximate surface area is 297 Å². The van der Waals surface area contributed by atoms with Crippen LogP contribution in [0.25, 0.3) is 10.9 Å². The molecule has 280 valence electrons. The van der Waals surface area contributed by atoms with Gasteiger partial charge in [0.05, 0.1) is 38.8 Å². The van der Waals surface area contributed by atoms with E-state index in [2.05, 4.69) is 21.2 Å². The van der Waals surface area contributed by atoms with Gasteiger partial charge in [-0.05, 0) is 35.7 Å². The zero-order valence-corrected chi connectivity index (χ0v) is 28.1. The molecule has 52 heavy (non-hydrogen) atoms. The van der Waals surface area contributed by atoms with Crippen LogP contribution in [0.2, 0.25) is 0 Å². The standard InChI is InChI=1S/C33H42N8O11/c34-25(13-23-15-35-26-4-2-1-3-24(23)26)33(52)38-37-32(51)22-7-5-21(6-8-22)14-36-27(42)16-39(9-11-40(17-28(43)44)18-29(45)46)10-12-41(19-30(47)48)20-31(49)50/h1-8,15,25,35H,9-14,16-20,34H2,(H,36,42)(H,37,51)(H,38,52)(H,43,44)(H,45,46)(H,47,48)(H,49,50)/t25-/m1/s1. The summed E-state index contributed by atoms with van der Waals surface area (Å²) in [6.07, 6.45) is 2.02. The molecule has 3 rings (SSSR count). The van der Waals surface area contributed by atoms with E-state index in [4.69, 9.17) is 26.2 Å². The first kappa shape index (κ1) is 40.5. The molecule has 1 atom stereocenters. The minimum Gasteiger partial charge on any atom is -0.480 e. The van der Waals surface area contributed by atoms with Crippen LogP contribution in [0, 0.1) is 0 Å². The fraction of sp³-hybridized carbons (Fsp3) is 0.364. The van der Waals surface area contributed by atoms with Crippen LogP contribution in [-0.2, 0) is 41.7 Å². The lowest BCUT2D eigenvalue weighted by molar-refractivity contribution is -0.143. The average molecular weight is 727 g/mol. The summed E-state index contributed by atoms with van der Waals surface area (Å²) in [5, 5.41) is 40.2. The zero-order chi connectivity index (χ0) is 38.2. The van der Waals surface area contributed by atoms with E-state index in [1.807, 2.05) is 24.3 Å². The van der Waals surface area contributed by atoms with Gasteiger partial charge >= 0.3 is 23.9 Å². The van der Waals surface area contributed by atoms with E-state index < -0.39 is 73.8 Å². The van der Waals surface area contributed by atoms with Crippen LogP contribution in [0.3, 0.4) is 0 Å². The highest BCUT2D eigenvalue weighted by molar-refractivity contribution is 5.96. The number of hydrogen-bond donors (Lipinski definition) is 9. The van der Waals surface area contributed by atoms with Gasteiger partial charge in [-0.2, -0.15) is 0 Å². The Morgan fingerprint density at radius 2 is 1.19 bits per heavy atom. The predicted molar refractivity (Wildman–Crippen MR) is 184 cm³/mol. The lowest BCUT2D eigenvalue weighted by atomic mass is 10.1. The van der Waals surface area contributed by atoms with Gasteiger partial charge in [-0.15, -0.1) is 0 Å². The summed E-state index contributed by atoms with van der Waals surface area (Å²) in [6, 6.07) is 12.8. The summed E-state index contributed by atoms with van der Waals surface area (Å²) >= 11 is 0. The number of para-hydroxylation sites is 1. The van der Waals surface area contributed by atoms with Crippen molar-refractivity contribution in [1.29, 1.82) is 0 Å². The largest absolute Gasteiger partial charge is 0.480 e. The number of aromatic nitrogens is 1. The number of nitrogens with zero attached hydrogens (tertiary/aromatic N) is 3. The second-order valence-electron chi connectivity index (χ2n) is 11.9. The molecule has 0 aliphatic carbocycles. The number of rotatable bonds is 22. The Morgan fingerprint density at radius 1 is 0.673 bits per heavy atom. The number of carboxylic acids is 4. The van der Waals surface area contributed by atoms with Crippen molar-refractivity contribution < 1.29 is 54.0 Å². The summed E-state index contributed by atoms with van der Waals surface area (Å²) < 4.78 is 0. The first-order valence-electron chi connectivity index (χ1n) is 16.0. The van der Waals surface area contributed by atoms with Crippen LogP contribution in [-0.4, -0.2) is 147 Å². The zero-order valence-electron chi connectivity index (χ0n) is 28.1. The van der Waals surface area contributed by atoms with E-state index >= 15 is 0 Å². The van der Waals surface area contributed by atoms with Gasteiger partial charge in [0, 0.05) is 55.4 Å². The Morgan fingerprint density at radius 3 is 1.73 bits per heavy atom. The topological polar surface area (TPSA) is 288 Å². The summed E-state index contributed by atoms with van der Waals surface area (Å²) in [5.74, 6) is -6.69. The van der Waals surface area contributed by atoms with Crippen molar-refractivity contribution in [3.05, 3.63) is 71.4 Å². The molecule has 0 saturated carbocycles. The Kier molecular flexibility index (Phi) is 15.7. The van der Waals surface area contributed by atoms with Crippen molar-refractivity contribution in [3.63, 3.8) is 0 Å². The highest BCUT2D eigenvalue weighted by atomic mass is 16.4. The Balaban J connectivity index is 1.52. The Bertz CT molecular complexity index is 1660. The molecule has 19 nitrogen and oxygen atoms in total. The number of fused-ring (bicyclic) bond motifs is 1. The van der Waals surface area contributed by atoms with Crippen molar-refractivity contribution >= 4 is 52.5 Å². The number of nitrogens with two attached hydrogens (primary N) is 1. The van der Waals surface area contributed by atoms with Crippen LogP contribution < -0.4 is 21.9 Å². The molecular formula is C33H42N8O11. The molecule has 0 spiro atoms. The molecule has 2 aromatic carbocycles. The number of aliphatic carboxylic acids is 4. The lowest BCUT2D eigenvalue weighted by Gasteiger charge is -2.28. The highest BCUT2D eigenvalue weighted by Crippen LogP contribution is 2.18. The third-order valence-corrected chi connectivity index (χ3v) is 7.72. The smallest absolute Gasteiger partial charge is 0.317 e. The summed E-state index contributed by atoms with van der Waals surface area (Å²) in [4.78, 5) is 89.8. The van der Waals surface area contributed by atoms with Crippen LogP contribution >= 0.6 is 0 Å². The molecule has 19 heteroatoms. The van der Waals surface area contributed by atoms with Crippen molar-refractivity contribution in [2.24, 2.45) is 5.73 Å². The van der Waals surface area contributed by atoms with Gasteiger partial charge in [-0.3, -0.25) is 59.1 Å². The van der Waals surface area contributed by atoms with Gasteiger partial charge in [-0.25, -0.2) is 0 Å². The van der Waals surface area contributed by atoms with E-state index in [0.29, 0.717) is 5.56 Å². The molecule has 0 bridgehead atoms. The number of benzene rings is 2. The number of carboxylic acid groups (broad SMARTS) is 4. The van der Waals surface area contributed by atoms with Crippen LogP contribution in [0.1, 0.15) is 21.5 Å². The SMILES string of the molecule is N[C@H](Cc1c[nH]c2ccccc12)C(=O)NNC(=O)c1ccc(CNC(=O)CN(CCN(CC(=O)O)CC(=O)O)CCN(CC(=O)O)CC(=O)O)cc1. The number of carbonyl (C=O) groups excluding carboxylic acids is 3. The first-order valence-corrected chi connectivity index (χ1v) is 16.0. The van der Waals surface area contributed by atoms with E-state index in [-0.39, 0.29) is 51.3 Å². The Hall–Kier alpha value is -5.89. The molecule has 0 unspecified atom stereocenters. The number of H-pyrrole nitrogens is 1. The molecule has 0 radical (unpaired) electrons. The van der Waals surface area contributed by atoms with E-state index in [9.17, 15) is 33.6 Å². The average Bonchev–Trinajstić information content (AvgIpc) is 3.48. The molecular weight excluding hydrogens is 684 g/mol. The fourth-order valence-electron chi connectivity index (χ4n) is 5.18. The maximum atomic E-state index is 12.9. The molecule has 1 aromatic heterocycles. The van der Waals surface area contributed by atoms with Gasteiger partial charge in [0.15, 0.2) is 0 Å². The predicted octanol–water partition coefficient (Wildman–Crippen LogP) is -1.64. The number of nitrogens with one attached hydrogen (secondary N) is 4. The molecule has 1 heterocycles. The van der Waals surface area contributed by atoms with E-state index in [0.717, 1.165) is 26.3 Å². The maximum absolute atomic E-state index is 12.9. The van der Waals surface area contributed by atoms with Crippen LogP contribution in [0.5, 0.6) is 0 Å². The van der Waals surface area contributed by atoms with Gasteiger partial charge in [0.1, 0.15) is 0 Å². The monoisotopic (exact) mass is 726 g/mol. The fourth-order valence-corrected chi connectivity index (χ4v) is 5.18. The second-order valence-corrected chi connectivity index (χ2v) is 11.9. The molecule has 3 amide bonds. The molecule has 10 N–H and O–H groups in total. The summed E-state index contributed by atoms with van der Waals surface area (Å²) in [6.45, 7) is -2.62. The normalized spacial score (nSPS) is 11.8. The van der Waals surface area contributed by atoms with E-state index in [1.54, 1.807) is 18.3 Å². The summed E-state index contributed by atoms with van der Waals surface area (Å²) in [7, 11) is 0. The van der Waals surface area contributed by atoms with Gasteiger partial charge < -0.3 is 36.5 Å². The number of hydrazine groups is 1. The highest BCUT2D eigenvalue weighted by Gasteiger charge is 2.20. The minimum atomic E-state index is -1.26. The third-order valence-electron chi connectivity index (χ3n) is 7.72. The lowest BCUT2D eigenvalue weighted by Crippen LogP contribution is -2.50. The van der Waals surface area contributed by atoms with E-state index in [1.165, 1.54) is 17.0 Å². The van der Waals surface area contributed by atoms with Crippen molar-refractivity contribution in [2.45, 2.75) is 19.0 Å². The molecule has 0 aliphatic rings. The molecule has 3 aromatic rings. The van der Waals surface area contributed by atoms with Gasteiger partial charge in [0.2, 0.25) is 5.91 Å². The van der Waals surface area contributed by atoms with Gasteiger partial charge in [-0.1, -0.05) is 30.3 Å². The minimum absolute atomic E-state index is 0.0102. The van der Waals surface area contributed by atoms with Crippen molar-refractivity contribution in [3.8, 4) is 0 Å². The summed E-state index contributed by atoms with van der Waals surface area (Å²) in [5.41, 5.74) is 13.3. The first-order chi connectivity index (χ1) is 24.7. The number of hydrogen-bond acceptors (Lipinski definition) is 11. The van der Waals surface area contributed by atoms with Crippen molar-refractivity contribution in [1.82, 2.24) is 35.9 Å². The molecule has 0 fully saturated rings. The van der Waals surface area contributed by atoms with Crippen LogP contribution in [0.4, 0.5) is 0 Å².